The van der Waals surface area contributed by atoms with Gasteiger partial charge in [-0.15, -0.1) is 0 Å². The Morgan fingerprint density at radius 1 is 1.18 bits per heavy atom. The number of rotatable bonds is 8. The molecule has 4 aromatic rings. The van der Waals surface area contributed by atoms with Gasteiger partial charge in [-0.3, -0.25) is 9.07 Å². The molecule has 3 aromatic heterocycles. The predicted molar refractivity (Wildman–Crippen MR) is 129 cm³/mol. The van der Waals surface area contributed by atoms with E-state index in [0.29, 0.717) is 30.6 Å². The predicted octanol–water partition coefficient (Wildman–Crippen LogP) is 6.17. The molecule has 0 bridgehead atoms. The minimum atomic E-state index is -0.392. The lowest BCUT2D eigenvalue weighted by atomic mass is 9.98. The van der Waals surface area contributed by atoms with E-state index >= 15 is 0 Å². The number of anilines is 1. The molecule has 1 N–H and O–H groups in total. The van der Waals surface area contributed by atoms with Gasteiger partial charge in [0.25, 0.3) is 0 Å². The Balaban J connectivity index is 1.41. The molecule has 0 amide bonds. The van der Waals surface area contributed by atoms with Crippen LogP contribution in [0.3, 0.4) is 0 Å². The summed E-state index contributed by atoms with van der Waals surface area (Å²) in [6.45, 7) is 3.86. The quantitative estimate of drug-likeness (QED) is 0.339. The second kappa shape index (κ2) is 9.52. The maximum absolute atomic E-state index is 14.0. The lowest BCUT2D eigenvalue weighted by molar-refractivity contribution is 0.375. The zero-order valence-corrected chi connectivity index (χ0v) is 19.6. The normalized spacial score (nSPS) is 19.1. The number of nitrogens with zero attached hydrogens (tertiary/aromatic N) is 5. The molecule has 1 fully saturated rings. The molecule has 34 heavy (non-hydrogen) atoms. The van der Waals surface area contributed by atoms with Crippen LogP contribution in [0.5, 0.6) is 0 Å². The van der Waals surface area contributed by atoms with Gasteiger partial charge < -0.3 is 5.32 Å². The topological polar surface area (TPSA) is 60.0 Å². The number of alkyl halides is 1. The number of aromatic nitrogens is 5. The summed E-state index contributed by atoms with van der Waals surface area (Å²) in [6, 6.07) is 6.79. The van der Waals surface area contributed by atoms with Crippen molar-refractivity contribution in [2.24, 2.45) is 5.92 Å². The fourth-order valence-electron chi connectivity index (χ4n) is 5.08. The van der Waals surface area contributed by atoms with Gasteiger partial charge in [0.05, 0.1) is 31.2 Å². The van der Waals surface area contributed by atoms with Crippen LogP contribution >= 0.6 is 0 Å². The smallest absolute Gasteiger partial charge is 0.165 e. The lowest BCUT2D eigenvalue weighted by Crippen LogP contribution is -2.11. The van der Waals surface area contributed by atoms with Gasteiger partial charge >= 0.3 is 0 Å². The molecule has 1 aliphatic rings. The molecule has 0 saturated heterocycles. The highest BCUT2D eigenvalue weighted by Crippen LogP contribution is 2.36. The fourth-order valence-corrected chi connectivity index (χ4v) is 5.08. The average Bonchev–Trinajstić information content (AvgIpc) is 3.57. The average molecular weight is 465 g/mol. The number of hydrogen-bond acceptors (Lipinski definition) is 4. The SMILES string of the molecule is CC(Nc1ccn2ncc(-c3cnn(C4CCCC4C)c3)c2n1)c1cc(F)ccc1CCCF. The van der Waals surface area contributed by atoms with Gasteiger partial charge in [-0.25, -0.2) is 13.9 Å². The Kier molecular flexibility index (Phi) is 6.30. The molecule has 178 valence electrons. The van der Waals surface area contributed by atoms with Crippen LogP contribution in [0.25, 0.3) is 16.8 Å². The van der Waals surface area contributed by atoms with Crippen LogP contribution in [0.2, 0.25) is 0 Å². The summed E-state index contributed by atoms with van der Waals surface area (Å²) in [5.41, 5.74) is 4.40. The summed E-state index contributed by atoms with van der Waals surface area (Å²) >= 11 is 0. The maximum atomic E-state index is 14.0. The molecule has 6 nitrogen and oxygen atoms in total. The fraction of sp³-hybridized carbons (Fsp3) is 0.423. The number of fused-ring (bicyclic) bond motifs is 1. The van der Waals surface area contributed by atoms with Crippen LogP contribution in [0.15, 0.2) is 49.1 Å². The summed E-state index contributed by atoms with van der Waals surface area (Å²) in [4.78, 5) is 4.81. The van der Waals surface area contributed by atoms with Crippen LogP contribution < -0.4 is 5.32 Å². The third-order valence-corrected chi connectivity index (χ3v) is 6.96. The first-order chi connectivity index (χ1) is 16.5. The van der Waals surface area contributed by atoms with Crippen molar-refractivity contribution in [1.82, 2.24) is 24.4 Å². The van der Waals surface area contributed by atoms with Crippen LogP contribution in [0.1, 0.15) is 62.7 Å². The molecule has 1 saturated carbocycles. The number of halogens is 2. The van der Waals surface area contributed by atoms with Crippen LogP contribution in [-0.4, -0.2) is 31.1 Å². The number of nitrogens with one attached hydrogen (secondary N) is 1. The molecule has 1 aliphatic carbocycles. The van der Waals surface area contributed by atoms with Crippen LogP contribution in [0, 0.1) is 11.7 Å². The molecular formula is C26H30F2N6. The molecule has 3 unspecified atom stereocenters. The first-order valence-electron chi connectivity index (χ1n) is 12.0. The van der Waals surface area contributed by atoms with E-state index in [1.165, 1.54) is 25.0 Å². The molecule has 8 heteroatoms. The zero-order chi connectivity index (χ0) is 23.7. The zero-order valence-electron chi connectivity index (χ0n) is 19.6. The van der Waals surface area contributed by atoms with E-state index < -0.39 is 6.67 Å². The van der Waals surface area contributed by atoms with Gasteiger partial charge in [0.2, 0.25) is 0 Å². The Morgan fingerprint density at radius 2 is 2.06 bits per heavy atom. The summed E-state index contributed by atoms with van der Waals surface area (Å²) in [5, 5.41) is 12.5. The Morgan fingerprint density at radius 3 is 2.85 bits per heavy atom. The summed E-state index contributed by atoms with van der Waals surface area (Å²) in [6.07, 6.45) is 12.3. The molecule has 0 spiro atoms. The van der Waals surface area contributed by atoms with Crippen molar-refractivity contribution < 1.29 is 8.78 Å². The second-order valence-electron chi connectivity index (χ2n) is 9.33. The van der Waals surface area contributed by atoms with Gasteiger partial charge in [0.15, 0.2) is 5.65 Å². The maximum Gasteiger partial charge on any atom is 0.165 e. The van der Waals surface area contributed by atoms with Gasteiger partial charge in [-0.1, -0.05) is 19.4 Å². The minimum absolute atomic E-state index is 0.196. The molecular weight excluding hydrogens is 434 g/mol. The number of hydrogen-bond donors (Lipinski definition) is 1. The van der Waals surface area contributed by atoms with Crippen molar-refractivity contribution in [2.75, 3.05) is 12.0 Å². The van der Waals surface area contributed by atoms with Crippen LogP contribution in [0.4, 0.5) is 14.6 Å². The number of aryl methyl sites for hydroxylation is 1. The van der Waals surface area contributed by atoms with Gasteiger partial charge in [0, 0.05) is 23.5 Å². The van der Waals surface area contributed by atoms with E-state index in [4.69, 9.17) is 4.98 Å². The largest absolute Gasteiger partial charge is 0.363 e. The van der Waals surface area contributed by atoms with Gasteiger partial charge in [-0.05, 0) is 67.9 Å². The van der Waals surface area contributed by atoms with E-state index in [-0.39, 0.29) is 11.9 Å². The molecule has 5 rings (SSSR count). The first-order valence-corrected chi connectivity index (χ1v) is 12.0. The van der Waals surface area contributed by atoms with Crippen molar-refractivity contribution in [3.05, 3.63) is 66.0 Å². The Labute approximate surface area is 198 Å². The molecule has 1 aromatic carbocycles. The van der Waals surface area contributed by atoms with Crippen molar-refractivity contribution in [1.29, 1.82) is 0 Å². The summed E-state index contributed by atoms with van der Waals surface area (Å²) in [7, 11) is 0. The van der Waals surface area contributed by atoms with E-state index in [2.05, 4.69) is 33.3 Å². The first kappa shape index (κ1) is 22.5. The van der Waals surface area contributed by atoms with E-state index in [9.17, 15) is 8.78 Å². The lowest BCUT2D eigenvalue weighted by Gasteiger charge is -2.19. The highest BCUT2D eigenvalue weighted by Gasteiger charge is 2.26. The number of benzene rings is 1. The Bertz CT molecular complexity index is 1280. The summed E-state index contributed by atoms with van der Waals surface area (Å²) in [5.74, 6) is 0.992. The van der Waals surface area contributed by atoms with Crippen molar-refractivity contribution >= 4 is 11.5 Å². The highest BCUT2D eigenvalue weighted by atomic mass is 19.1. The third-order valence-electron chi connectivity index (χ3n) is 6.96. The summed E-state index contributed by atoms with van der Waals surface area (Å²) < 4.78 is 30.5. The van der Waals surface area contributed by atoms with Crippen molar-refractivity contribution in [2.45, 2.75) is 58.0 Å². The second-order valence-corrected chi connectivity index (χ2v) is 9.33. The molecule has 0 aliphatic heterocycles. The molecule has 3 heterocycles. The van der Waals surface area contributed by atoms with Crippen molar-refractivity contribution in [3.8, 4) is 11.1 Å². The van der Waals surface area contributed by atoms with Gasteiger partial charge in [-0.2, -0.15) is 10.2 Å². The minimum Gasteiger partial charge on any atom is -0.363 e. The molecule has 3 atom stereocenters. The van der Waals surface area contributed by atoms with Gasteiger partial charge in [0.1, 0.15) is 11.6 Å². The van der Waals surface area contributed by atoms with E-state index in [0.717, 1.165) is 34.3 Å². The molecule has 0 radical (unpaired) electrons. The Hall–Kier alpha value is -3.29. The van der Waals surface area contributed by atoms with Crippen LogP contribution in [-0.2, 0) is 6.42 Å². The van der Waals surface area contributed by atoms with E-state index in [1.54, 1.807) is 10.6 Å². The third kappa shape index (κ3) is 4.41. The standard InChI is InChI=1S/C26H30F2N6/c1-17-5-3-7-24(17)34-16-20(14-29-34)23-15-30-33-12-10-25(32-26(23)33)31-18(2)22-13-21(28)9-8-19(22)6-4-11-27/h8-10,12-18,24H,3-7,11H2,1-2H3,(H,31,32). The van der Waals surface area contributed by atoms with Crippen molar-refractivity contribution in [3.63, 3.8) is 0 Å². The monoisotopic (exact) mass is 464 g/mol. The van der Waals surface area contributed by atoms with E-state index in [1.807, 2.05) is 31.6 Å². The highest BCUT2D eigenvalue weighted by molar-refractivity contribution is 5.76.